The van der Waals surface area contributed by atoms with Crippen LogP contribution in [0.3, 0.4) is 0 Å². The van der Waals surface area contributed by atoms with Gasteiger partial charge in [-0.1, -0.05) is 0 Å². The number of rotatable bonds is 4. The summed E-state index contributed by atoms with van der Waals surface area (Å²) in [4.78, 5) is 15.4. The molecule has 0 aliphatic carbocycles. The molecule has 1 N–H and O–H groups in total. The van der Waals surface area contributed by atoms with Gasteiger partial charge in [-0.15, -0.1) is 24.8 Å². The molecular weight excluding hydrogens is 366 g/mol. The molecule has 0 aromatic heterocycles. The minimum Gasteiger partial charge on any atom is -0.341 e. The summed E-state index contributed by atoms with van der Waals surface area (Å²) in [5, 5.41) is 3.30. The van der Waals surface area contributed by atoms with E-state index >= 15 is 0 Å². The van der Waals surface area contributed by atoms with E-state index in [0.29, 0.717) is 44.9 Å². The van der Waals surface area contributed by atoms with Gasteiger partial charge in [-0.2, -0.15) is 13.2 Å². The molecule has 2 heterocycles. The summed E-state index contributed by atoms with van der Waals surface area (Å²) in [6, 6.07) is 0. The van der Waals surface area contributed by atoms with Gasteiger partial charge in [-0.3, -0.25) is 9.69 Å². The standard InChI is InChI=1S/C15H26F3N3O.2ClH/c16-15(17,18)12-20-8-1-9-21(11-10-20)14(22)3-2-13-4-6-19-7-5-13;;/h13,19H,1-12H2;2*1H. The molecule has 2 saturated heterocycles. The lowest BCUT2D eigenvalue weighted by molar-refractivity contribution is -0.145. The highest BCUT2D eigenvalue weighted by molar-refractivity contribution is 5.85. The maximum atomic E-state index is 12.4. The molecule has 144 valence electrons. The molecular formula is C15H28Cl2F3N3O. The van der Waals surface area contributed by atoms with Gasteiger partial charge >= 0.3 is 6.18 Å². The first-order chi connectivity index (χ1) is 10.4. The second-order valence-corrected chi connectivity index (χ2v) is 6.36. The third kappa shape index (κ3) is 8.74. The third-order valence-electron chi connectivity index (χ3n) is 4.57. The molecule has 2 aliphatic heterocycles. The van der Waals surface area contributed by atoms with Crippen LogP contribution < -0.4 is 5.32 Å². The Kier molecular flexibility index (Phi) is 11.3. The topological polar surface area (TPSA) is 35.6 Å². The van der Waals surface area contributed by atoms with Crippen LogP contribution in [0.4, 0.5) is 13.2 Å². The molecule has 2 fully saturated rings. The Morgan fingerprint density at radius 3 is 2.33 bits per heavy atom. The van der Waals surface area contributed by atoms with Crippen LogP contribution in [-0.2, 0) is 4.79 Å². The minimum absolute atomic E-state index is 0. The fraction of sp³-hybridized carbons (Fsp3) is 0.933. The van der Waals surface area contributed by atoms with Gasteiger partial charge in [0.05, 0.1) is 6.54 Å². The van der Waals surface area contributed by atoms with Crippen molar-refractivity contribution in [2.45, 2.75) is 38.3 Å². The van der Waals surface area contributed by atoms with Crippen molar-refractivity contribution in [3.8, 4) is 0 Å². The lowest BCUT2D eigenvalue weighted by Gasteiger charge is -2.25. The van der Waals surface area contributed by atoms with Gasteiger partial charge in [-0.25, -0.2) is 0 Å². The molecule has 0 aromatic rings. The van der Waals surface area contributed by atoms with Crippen molar-refractivity contribution in [1.29, 1.82) is 0 Å². The Morgan fingerprint density at radius 2 is 1.71 bits per heavy atom. The van der Waals surface area contributed by atoms with E-state index in [9.17, 15) is 18.0 Å². The summed E-state index contributed by atoms with van der Waals surface area (Å²) in [5.74, 6) is 0.714. The molecule has 2 aliphatic rings. The predicted molar refractivity (Wildman–Crippen MR) is 93.0 cm³/mol. The number of alkyl halides is 3. The maximum absolute atomic E-state index is 12.4. The first kappa shape index (κ1) is 23.8. The van der Waals surface area contributed by atoms with Crippen molar-refractivity contribution >= 4 is 30.7 Å². The minimum atomic E-state index is -4.16. The van der Waals surface area contributed by atoms with E-state index in [1.807, 2.05) is 0 Å². The predicted octanol–water partition coefficient (Wildman–Crippen LogP) is 2.71. The molecule has 0 unspecified atom stereocenters. The second-order valence-electron chi connectivity index (χ2n) is 6.36. The molecule has 2 rings (SSSR count). The Labute approximate surface area is 154 Å². The van der Waals surface area contributed by atoms with Crippen molar-refractivity contribution in [1.82, 2.24) is 15.1 Å². The van der Waals surface area contributed by atoms with Crippen LogP contribution in [0.5, 0.6) is 0 Å². The van der Waals surface area contributed by atoms with E-state index in [1.165, 1.54) is 4.90 Å². The summed E-state index contributed by atoms with van der Waals surface area (Å²) in [5.41, 5.74) is 0. The highest BCUT2D eigenvalue weighted by Crippen LogP contribution is 2.20. The van der Waals surface area contributed by atoms with E-state index in [0.717, 1.165) is 32.4 Å². The summed E-state index contributed by atoms with van der Waals surface area (Å²) in [7, 11) is 0. The van der Waals surface area contributed by atoms with E-state index < -0.39 is 12.7 Å². The average Bonchev–Trinajstić information content (AvgIpc) is 2.70. The Morgan fingerprint density at radius 1 is 1.04 bits per heavy atom. The van der Waals surface area contributed by atoms with E-state index in [1.54, 1.807) is 4.90 Å². The number of nitrogens with one attached hydrogen (secondary N) is 1. The molecule has 0 radical (unpaired) electrons. The molecule has 0 bridgehead atoms. The van der Waals surface area contributed by atoms with Gasteiger partial charge in [0.15, 0.2) is 0 Å². The van der Waals surface area contributed by atoms with Gasteiger partial charge < -0.3 is 10.2 Å². The fourth-order valence-corrected chi connectivity index (χ4v) is 3.29. The highest BCUT2D eigenvalue weighted by Gasteiger charge is 2.31. The number of carbonyl (C=O) groups is 1. The van der Waals surface area contributed by atoms with Crippen molar-refractivity contribution in [3.05, 3.63) is 0 Å². The molecule has 0 aromatic carbocycles. The van der Waals surface area contributed by atoms with Crippen LogP contribution in [0.25, 0.3) is 0 Å². The van der Waals surface area contributed by atoms with E-state index in [4.69, 9.17) is 0 Å². The van der Waals surface area contributed by atoms with Gasteiger partial charge in [0.2, 0.25) is 5.91 Å². The van der Waals surface area contributed by atoms with Gasteiger partial charge in [0.1, 0.15) is 0 Å². The molecule has 0 spiro atoms. The Balaban J connectivity index is 0.00000264. The quantitative estimate of drug-likeness (QED) is 0.797. The fourth-order valence-electron chi connectivity index (χ4n) is 3.29. The smallest absolute Gasteiger partial charge is 0.341 e. The van der Waals surface area contributed by atoms with Gasteiger partial charge in [-0.05, 0) is 44.7 Å². The van der Waals surface area contributed by atoms with E-state index in [-0.39, 0.29) is 30.7 Å². The van der Waals surface area contributed by atoms with Gasteiger partial charge in [0, 0.05) is 32.6 Å². The molecule has 0 atom stereocenters. The first-order valence-electron chi connectivity index (χ1n) is 8.21. The lowest BCUT2D eigenvalue weighted by atomic mass is 9.93. The van der Waals surface area contributed by atoms with Crippen LogP contribution in [0.2, 0.25) is 0 Å². The summed E-state index contributed by atoms with van der Waals surface area (Å²) < 4.78 is 37.3. The van der Waals surface area contributed by atoms with Crippen molar-refractivity contribution in [2.75, 3.05) is 45.8 Å². The van der Waals surface area contributed by atoms with E-state index in [2.05, 4.69) is 5.32 Å². The Hall–Kier alpha value is -0.240. The molecule has 0 saturated carbocycles. The number of piperidine rings is 1. The zero-order valence-electron chi connectivity index (χ0n) is 13.8. The lowest BCUT2D eigenvalue weighted by Crippen LogP contribution is -2.38. The molecule has 9 heteroatoms. The molecule has 24 heavy (non-hydrogen) atoms. The second kappa shape index (κ2) is 11.4. The largest absolute Gasteiger partial charge is 0.401 e. The number of halogens is 5. The number of amides is 1. The van der Waals surface area contributed by atoms with Crippen LogP contribution in [-0.4, -0.2) is 67.7 Å². The normalized spacial score (nSPS) is 20.7. The average molecular weight is 394 g/mol. The van der Waals surface area contributed by atoms with Crippen molar-refractivity contribution in [2.24, 2.45) is 5.92 Å². The highest BCUT2D eigenvalue weighted by atomic mass is 35.5. The molecule has 4 nitrogen and oxygen atoms in total. The number of nitrogens with zero attached hydrogens (tertiary/aromatic N) is 2. The number of hydrogen-bond donors (Lipinski definition) is 1. The summed E-state index contributed by atoms with van der Waals surface area (Å²) in [6.07, 6.45) is 0.135. The summed E-state index contributed by atoms with van der Waals surface area (Å²) >= 11 is 0. The SMILES string of the molecule is Cl.Cl.O=C(CCC1CCNCC1)N1CCCN(CC(F)(F)F)CC1. The zero-order valence-corrected chi connectivity index (χ0v) is 15.4. The van der Waals surface area contributed by atoms with Crippen LogP contribution >= 0.6 is 24.8 Å². The molecule has 1 amide bonds. The van der Waals surface area contributed by atoms with Crippen LogP contribution in [0, 0.1) is 5.92 Å². The van der Waals surface area contributed by atoms with Crippen LogP contribution in [0.15, 0.2) is 0 Å². The van der Waals surface area contributed by atoms with Crippen LogP contribution in [0.1, 0.15) is 32.1 Å². The van der Waals surface area contributed by atoms with Crippen molar-refractivity contribution in [3.63, 3.8) is 0 Å². The third-order valence-corrected chi connectivity index (χ3v) is 4.57. The van der Waals surface area contributed by atoms with Crippen molar-refractivity contribution < 1.29 is 18.0 Å². The first-order valence-corrected chi connectivity index (χ1v) is 8.21. The Bertz CT molecular complexity index is 366. The maximum Gasteiger partial charge on any atom is 0.401 e. The number of carbonyl (C=O) groups excluding carboxylic acids is 1. The van der Waals surface area contributed by atoms with Gasteiger partial charge in [0.25, 0.3) is 0 Å². The zero-order chi connectivity index (χ0) is 16.0. The summed E-state index contributed by atoms with van der Waals surface area (Å²) in [6.45, 7) is 2.91. The monoisotopic (exact) mass is 393 g/mol. The number of hydrogen-bond acceptors (Lipinski definition) is 3.